The summed E-state index contributed by atoms with van der Waals surface area (Å²) in [5.41, 5.74) is 2.02. The van der Waals surface area contributed by atoms with E-state index >= 15 is 0 Å². The van der Waals surface area contributed by atoms with E-state index < -0.39 is 6.04 Å². The summed E-state index contributed by atoms with van der Waals surface area (Å²) in [5.74, 6) is -0.205. The van der Waals surface area contributed by atoms with Crippen molar-refractivity contribution in [2.45, 2.75) is 13.0 Å². The first-order chi connectivity index (χ1) is 14.5. The number of nitrogens with one attached hydrogen (secondary N) is 1. The lowest BCUT2D eigenvalue weighted by molar-refractivity contribution is -0.134. The highest BCUT2D eigenvalue weighted by atomic mass is 35.5. The Labute approximate surface area is 183 Å². The van der Waals surface area contributed by atoms with Crippen molar-refractivity contribution in [3.8, 4) is 0 Å². The minimum Gasteiger partial charge on any atom is -0.368 e. The molecule has 2 aromatic rings. The average molecular weight is 429 g/mol. The number of likely N-dealkylation sites (N-methyl/N-ethyl adjacent to an activating group) is 1. The Morgan fingerprint density at radius 3 is 2.27 bits per heavy atom. The molecule has 160 valence electrons. The molecule has 1 fully saturated rings. The van der Waals surface area contributed by atoms with E-state index in [4.69, 9.17) is 11.6 Å². The van der Waals surface area contributed by atoms with Gasteiger partial charge in [-0.1, -0.05) is 48.9 Å². The van der Waals surface area contributed by atoms with Crippen LogP contribution >= 0.6 is 11.6 Å². The van der Waals surface area contributed by atoms with E-state index in [0.29, 0.717) is 18.1 Å². The van der Waals surface area contributed by atoms with Crippen molar-refractivity contribution in [3.05, 3.63) is 65.2 Å². The summed E-state index contributed by atoms with van der Waals surface area (Å²) >= 11 is 5.96. The number of benzene rings is 2. The van der Waals surface area contributed by atoms with Crippen molar-refractivity contribution in [2.75, 3.05) is 51.2 Å². The Bertz CT molecular complexity index is 836. The van der Waals surface area contributed by atoms with Crippen LogP contribution in [0.3, 0.4) is 0 Å². The third-order valence-electron chi connectivity index (χ3n) is 5.54. The molecule has 2 amide bonds. The Hall–Kier alpha value is -2.57. The molecule has 1 unspecified atom stereocenters. The maximum atomic E-state index is 12.9. The van der Waals surface area contributed by atoms with E-state index in [0.717, 1.165) is 30.9 Å². The zero-order valence-corrected chi connectivity index (χ0v) is 18.3. The molecule has 3 rings (SSSR count). The molecule has 0 radical (unpaired) electrons. The van der Waals surface area contributed by atoms with Crippen LogP contribution in [-0.4, -0.2) is 67.9 Å². The van der Waals surface area contributed by atoms with Gasteiger partial charge in [0.25, 0.3) is 0 Å². The molecule has 1 aliphatic heterocycles. The summed E-state index contributed by atoms with van der Waals surface area (Å²) in [6.07, 6.45) is 0. The molecular formula is C23H29ClN4O2. The largest absolute Gasteiger partial charge is 0.368 e. The van der Waals surface area contributed by atoms with Gasteiger partial charge in [0.05, 0.1) is 6.54 Å². The van der Waals surface area contributed by atoms with Gasteiger partial charge >= 0.3 is 0 Å². The van der Waals surface area contributed by atoms with E-state index in [1.165, 1.54) is 0 Å². The van der Waals surface area contributed by atoms with Crippen LogP contribution < -0.4 is 10.2 Å². The van der Waals surface area contributed by atoms with E-state index in [1.807, 2.05) is 78.4 Å². The zero-order valence-electron chi connectivity index (χ0n) is 17.6. The highest BCUT2D eigenvalue weighted by Crippen LogP contribution is 2.20. The molecule has 0 bridgehead atoms. The molecule has 2 aromatic carbocycles. The summed E-state index contributed by atoms with van der Waals surface area (Å²) in [6, 6.07) is 17.0. The van der Waals surface area contributed by atoms with Gasteiger partial charge in [0.15, 0.2) is 0 Å². The summed E-state index contributed by atoms with van der Waals surface area (Å²) < 4.78 is 0. The van der Waals surface area contributed by atoms with Crippen LogP contribution in [0.5, 0.6) is 0 Å². The number of carbonyl (C=O) groups is 2. The van der Waals surface area contributed by atoms with Crippen LogP contribution in [0.25, 0.3) is 0 Å². The number of rotatable bonds is 7. The Balaban J connectivity index is 1.52. The van der Waals surface area contributed by atoms with Gasteiger partial charge in [0, 0.05) is 36.9 Å². The summed E-state index contributed by atoms with van der Waals surface area (Å²) in [5, 5.41) is 3.56. The topological polar surface area (TPSA) is 55.9 Å². The SMILES string of the molecule is CCN(C)C(C(=O)NCC(=O)N1CCN(c2ccc(Cl)cc2)CC1)c1ccccc1. The number of anilines is 1. The van der Waals surface area contributed by atoms with Crippen molar-refractivity contribution >= 4 is 29.1 Å². The van der Waals surface area contributed by atoms with E-state index in [-0.39, 0.29) is 18.4 Å². The van der Waals surface area contributed by atoms with E-state index in [1.54, 1.807) is 0 Å². The van der Waals surface area contributed by atoms with Crippen molar-refractivity contribution in [2.24, 2.45) is 0 Å². The molecule has 1 saturated heterocycles. The Kier molecular flexibility index (Phi) is 7.71. The first-order valence-corrected chi connectivity index (χ1v) is 10.7. The van der Waals surface area contributed by atoms with Crippen LogP contribution in [-0.2, 0) is 9.59 Å². The quantitative estimate of drug-likeness (QED) is 0.736. The molecule has 1 atom stereocenters. The minimum absolute atomic E-state index is 0.0145. The smallest absolute Gasteiger partial charge is 0.242 e. The van der Waals surface area contributed by atoms with Crippen molar-refractivity contribution in [3.63, 3.8) is 0 Å². The van der Waals surface area contributed by atoms with Gasteiger partial charge < -0.3 is 15.1 Å². The van der Waals surface area contributed by atoms with E-state index in [2.05, 4.69) is 10.2 Å². The molecule has 0 spiro atoms. The lowest BCUT2D eigenvalue weighted by Gasteiger charge is -2.36. The number of hydrogen-bond acceptors (Lipinski definition) is 4. The minimum atomic E-state index is -0.411. The van der Waals surface area contributed by atoms with Gasteiger partial charge in [-0.05, 0) is 43.4 Å². The number of amides is 2. The van der Waals surface area contributed by atoms with Gasteiger partial charge in [-0.15, -0.1) is 0 Å². The van der Waals surface area contributed by atoms with Crippen molar-refractivity contribution in [1.29, 1.82) is 0 Å². The maximum absolute atomic E-state index is 12.9. The molecule has 1 heterocycles. The first-order valence-electron chi connectivity index (χ1n) is 10.3. The van der Waals surface area contributed by atoms with Crippen molar-refractivity contribution < 1.29 is 9.59 Å². The second kappa shape index (κ2) is 10.5. The molecule has 6 nitrogen and oxygen atoms in total. The number of carbonyl (C=O) groups excluding carboxylic acids is 2. The van der Waals surface area contributed by atoms with Gasteiger partial charge in [-0.25, -0.2) is 0 Å². The zero-order chi connectivity index (χ0) is 21.5. The maximum Gasteiger partial charge on any atom is 0.242 e. The van der Waals surface area contributed by atoms with Gasteiger partial charge in [0.1, 0.15) is 6.04 Å². The molecule has 30 heavy (non-hydrogen) atoms. The molecule has 1 N–H and O–H groups in total. The number of nitrogens with zero attached hydrogens (tertiary/aromatic N) is 3. The molecule has 0 saturated carbocycles. The van der Waals surface area contributed by atoms with Crippen LogP contribution in [0.1, 0.15) is 18.5 Å². The predicted molar refractivity (Wildman–Crippen MR) is 121 cm³/mol. The second-order valence-corrected chi connectivity index (χ2v) is 7.88. The first kappa shape index (κ1) is 22.1. The van der Waals surface area contributed by atoms with Gasteiger partial charge in [0.2, 0.25) is 11.8 Å². The number of halogens is 1. The normalized spacial score (nSPS) is 15.2. The number of hydrogen-bond donors (Lipinski definition) is 1. The van der Waals surface area contributed by atoms with E-state index in [9.17, 15) is 9.59 Å². The Morgan fingerprint density at radius 1 is 1.03 bits per heavy atom. The van der Waals surface area contributed by atoms with Crippen LogP contribution in [0.15, 0.2) is 54.6 Å². The molecule has 0 aromatic heterocycles. The number of piperazine rings is 1. The predicted octanol–water partition coefficient (Wildman–Crippen LogP) is 2.80. The lowest BCUT2D eigenvalue weighted by Crippen LogP contribution is -2.52. The van der Waals surface area contributed by atoms with Gasteiger partial charge in [-0.2, -0.15) is 0 Å². The summed E-state index contributed by atoms with van der Waals surface area (Å²) in [6.45, 7) is 5.53. The van der Waals surface area contributed by atoms with Gasteiger partial charge in [-0.3, -0.25) is 14.5 Å². The summed E-state index contributed by atoms with van der Waals surface area (Å²) in [4.78, 5) is 31.5. The molecule has 7 heteroatoms. The fraction of sp³-hybridized carbons (Fsp3) is 0.391. The highest BCUT2D eigenvalue weighted by molar-refractivity contribution is 6.30. The fourth-order valence-corrected chi connectivity index (χ4v) is 3.79. The lowest BCUT2D eigenvalue weighted by atomic mass is 10.0. The fourth-order valence-electron chi connectivity index (χ4n) is 3.66. The Morgan fingerprint density at radius 2 is 1.67 bits per heavy atom. The molecular weight excluding hydrogens is 400 g/mol. The average Bonchev–Trinajstić information content (AvgIpc) is 2.79. The standard InChI is InChI=1S/C23H29ClN4O2/c1-3-26(2)22(18-7-5-4-6-8-18)23(30)25-17-21(29)28-15-13-27(14-16-28)20-11-9-19(24)10-12-20/h4-12,22H,3,13-17H2,1-2H3,(H,25,30). The highest BCUT2D eigenvalue weighted by Gasteiger charge is 2.26. The molecule has 0 aliphatic carbocycles. The third-order valence-corrected chi connectivity index (χ3v) is 5.79. The van der Waals surface area contributed by atoms with Crippen LogP contribution in [0.2, 0.25) is 5.02 Å². The van der Waals surface area contributed by atoms with Crippen LogP contribution in [0, 0.1) is 0 Å². The third kappa shape index (κ3) is 5.52. The van der Waals surface area contributed by atoms with Crippen molar-refractivity contribution in [1.82, 2.24) is 15.1 Å². The monoisotopic (exact) mass is 428 g/mol. The molecule has 1 aliphatic rings. The van der Waals surface area contributed by atoms with Crippen LogP contribution in [0.4, 0.5) is 5.69 Å². The second-order valence-electron chi connectivity index (χ2n) is 7.45. The summed E-state index contributed by atoms with van der Waals surface area (Å²) in [7, 11) is 1.91.